The average Bonchev–Trinajstić information content (AvgIpc) is 2.43. The van der Waals surface area contributed by atoms with Crippen molar-refractivity contribution in [3.8, 4) is 0 Å². The maximum Gasteiger partial charge on any atom is 0.00902 e. The first-order valence-corrected chi connectivity index (χ1v) is 9.51. The lowest BCUT2D eigenvalue weighted by Crippen LogP contribution is -2.47. The summed E-state index contributed by atoms with van der Waals surface area (Å²) in [6.07, 6.45) is 9.23. The zero-order valence-corrected chi connectivity index (χ0v) is 15.3. The van der Waals surface area contributed by atoms with Gasteiger partial charge in [-0.1, -0.05) is 47.5 Å². The Morgan fingerprint density at radius 2 is 1.76 bits per heavy atom. The molecule has 0 spiro atoms. The van der Waals surface area contributed by atoms with Gasteiger partial charge < -0.3 is 5.73 Å². The zero-order valence-electron chi connectivity index (χ0n) is 15.3. The van der Waals surface area contributed by atoms with E-state index in [9.17, 15) is 0 Å². The fraction of sp³-hybridized carbons (Fsp3) is 1.00. The van der Waals surface area contributed by atoms with Crippen LogP contribution in [0.15, 0.2) is 0 Å². The van der Waals surface area contributed by atoms with Gasteiger partial charge in [-0.25, -0.2) is 0 Å². The Balaban J connectivity index is 2.65. The molecule has 0 radical (unpaired) electrons. The molecule has 0 bridgehead atoms. The van der Waals surface area contributed by atoms with Crippen molar-refractivity contribution >= 4 is 0 Å². The summed E-state index contributed by atoms with van der Waals surface area (Å²) in [6.45, 7) is 14.1. The lowest BCUT2D eigenvalue weighted by Gasteiger charge is -2.40. The fourth-order valence-electron chi connectivity index (χ4n) is 4.21. The van der Waals surface area contributed by atoms with E-state index < -0.39 is 0 Å². The molecule has 3 atom stereocenters. The van der Waals surface area contributed by atoms with E-state index in [0.29, 0.717) is 6.04 Å². The van der Waals surface area contributed by atoms with E-state index in [4.69, 9.17) is 5.73 Å². The summed E-state index contributed by atoms with van der Waals surface area (Å²) in [4.78, 5) is 2.75. The maximum atomic E-state index is 6.47. The predicted molar refractivity (Wildman–Crippen MR) is 94.5 cm³/mol. The van der Waals surface area contributed by atoms with Crippen molar-refractivity contribution in [2.45, 2.75) is 91.6 Å². The van der Waals surface area contributed by atoms with Crippen LogP contribution in [0.2, 0.25) is 0 Å². The van der Waals surface area contributed by atoms with Gasteiger partial charge in [0.25, 0.3) is 0 Å². The van der Waals surface area contributed by atoms with Crippen molar-refractivity contribution in [2.75, 3.05) is 13.1 Å². The van der Waals surface area contributed by atoms with Crippen molar-refractivity contribution in [3.05, 3.63) is 0 Å². The summed E-state index contributed by atoms with van der Waals surface area (Å²) in [5, 5.41) is 0. The topological polar surface area (TPSA) is 29.3 Å². The molecule has 1 saturated carbocycles. The Labute approximate surface area is 133 Å². The lowest BCUT2D eigenvalue weighted by molar-refractivity contribution is 0.103. The summed E-state index contributed by atoms with van der Waals surface area (Å²) in [5.41, 5.74) is 6.47. The highest BCUT2D eigenvalue weighted by Gasteiger charge is 2.30. The molecular formula is C19H40N2. The van der Waals surface area contributed by atoms with Gasteiger partial charge >= 0.3 is 0 Å². The quantitative estimate of drug-likeness (QED) is 0.669. The van der Waals surface area contributed by atoms with Gasteiger partial charge in [-0.05, 0) is 49.9 Å². The average molecular weight is 297 g/mol. The second-order valence-electron chi connectivity index (χ2n) is 7.71. The fourth-order valence-corrected chi connectivity index (χ4v) is 4.21. The molecule has 2 N–H and O–H groups in total. The van der Waals surface area contributed by atoms with Crippen molar-refractivity contribution in [2.24, 2.45) is 23.5 Å². The van der Waals surface area contributed by atoms with Crippen molar-refractivity contribution in [1.82, 2.24) is 4.90 Å². The molecule has 0 aromatic carbocycles. The van der Waals surface area contributed by atoms with Crippen molar-refractivity contribution < 1.29 is 0 Å². The largest absolute Gasteiger partial charge is 0.327 e. The van der Waals surface area contributed by atoms with Gasteiger partial charge in [0.1, 0.15) is 0 Å². The molecule has 126 valence electrons. The van der Waals surface area contributed by atoms with E-state index in [0.717, 1.165) is 23.8 Å². The van der Waals surface area contributed by atoms with Gasteiger partial charge in [-0.2, -0.15) is 0 Å². The number of nitrogens with zero attached hydrogens (tertiary/aromatic N) is 1. The minimum absolute atomic E-state index is 0.433. The molecule has 2 heteroatoms. The van der Waals surface area contributed by atoms with Crippen LogP contribution in [0.25, 0.3) is 0 Å². The SMILES string of the molecule is CCCC1CCC(N)C(CN(CC(C)C)C(CC)CC)C1. The Bertz CT molecular complexity index is 260. The second-order valence-corrected chi connectivity index (χ2v) is 7.71. The normalized spacial score (nSPS) is 27.0. The Morgan fingerprint density at radius 3 is 2.29 bits per heavy atom. The number of rotatable bonds is 9. The lowest BCUT2D eigenvalue weighted by atomic mass is 9.76. The number of hydrogen-bond acceptors (Lipinski definition) is 2. The zero-order chi connectivity index (χ0) is 15.8. The number of nitrogens with two attached hydrogens (primary N) is 1. The van der Waals surface area contributed by atoms with Gasteiger partial charge in [0, 0.05) is 25.2 Å². The van der Waals surface area contributed by atoms with Gasteiger partial charge in [-0.15, -0.1) is 0 Å². The molecule has 21 heavy (non-hydrogen) atoms. The summed E-state index contributed by atoms with van der Waals surface area (Å²) < 4.78 is 0. The van der Waals surface area contributed by atoms with Gasteiger partial charge in [0.05, 0.1) is 0 Å². The van der Waals surface area contributed by atoms with Crippen molar-refractivity contribution in [3.63, 3.8) is 0 Å². The Hall–Kier alpha value is -0.0800. The molecule has 0 heterocycles. The first kappa shape index (κ1) is 19.0. The molecule has 2 nitrogen and oxygen atoms in total. The number of hydrogen-bond donors (Lipinski definition) is 1. The molecule has 1 rings (SSSR count). The van der Waals surface area contributed by atoms with Crippen LogP contribution in [0.4, 0.5) is 0 Å². The Kier molecular flexibility index (Phi) is 8.89. The van der Waals surface area contributed by atoms with E-state index in [2.05, 4.69) is 39.5 Å². The highest BCUT2D eigenvalue weighted by atomic mass is 15.2. The summed E-state index contributed by atoms with van der Waals surface area (Å²) in [6, 6.07) is 1.17. The van der Waals surface area contributed by atoms with Crippen LogP contribution >= 0.6 is 0 Å². The molecule has 1 fully saturated rings. The van der Waals surface area contributed by atoms with E-state index in [-0.39, 0.29) is 0 Å². The third-order valence-electron chi connectivity index (χ3n) is 5.37. The molecule has 0 amide bonds. The van der Waals surface area contributed by atoms with Crippen LogP contribution in [-0.2, 0) is 0 Å². The molecule has 3 unspecified atom stereocenters. The minimum atomic E-state index is 0.433. The van der Waals surface area contributed by atoms with E-state index in [1.165, 1.54) is 58.0 Å². The highest BCUT2D eigenvalue weighted by molar-refractivity contribution is 4.86. The smallest absolute Gasteiger partial charge is 0.00902 e. The van der Waals surface area contributed by atoms with Crippen LogP contribution in [0.1, 0.15) is 79.6 Å². The first-order chi connectivity index (χ1) is 10.0. The third kappa shape index (κ3) is 6.28. The van der Waals surface area contributed by atoms with E-state index in [1.807, 2.05) is 0 Å². The summed E-state index contributed by atoms with van der Waals surface area (Å²) in [7, 11) is 0. The maximum absolute atomic E-state index is 6.47. The summed E-state index contributed by atoms with van der Waals surface area (Å²) >= 11 is 0. The van der Waals surface area contributed by atoms with E-state index in [1.54, 1.807) is 0 Å². The monoisotopic (exact) mass is 296 g/mol. The molecule has 0 aromatic heterocycles. The molecule has 0 aromatic rings. The van der Waals surface area contributed by atoms with Crippen LogP contribution in [0.3, 0.4) is 0 Å². The van der Waals surface area contributed by atoms with Gasteiger partial charge in [0.15, 0.2) is 0 Å². The summed E-state index contributed by atoms with van der Waals surface area (Å²) in [5.74, 6) is 2.40. The molecule has 1 aliphatic carbocycles. The highest BCUT2D eigenvalue weighted by Crippen LogP contribution is 2.32. The molecule has 0 aliphatic heterocycles. The van der Waals surface area contributed by atoms with Gasteiger partial charge in [0.2, 0.25) is 0 Å². The van der Waals surface area contributed by atoms with Gasteiger partial charge in [-0.3, -0.25) is 4.90 Å². The molecular weight excluding hydrogens is 256 g/mol. The molecule has 1 aliphatic rings. The van der Waals surface area contributed by atoms with Crippen LogP contribution in [-0.4, -0.2) is 30.1 Å². The van der Waals surface area contributed by atoms with Crippen molar-refractivity contribution in [1.29, 1.82) is 0 Å². The second kappa shape index (κ2) is 9.84. The third-order valence-corrected chi connectivity index (χ3v) is 5.37. The Morgan fingerprint density at radius 1 is 1.10 bits per heavy atom. The molecule has 0 saturated heterocycles. The first-order valence-electron chi connectivity index (χ1n) is 9.51. The predicted octanol–water partition coefficient (Wildman–Crippen LogP) is 4.68. The standard InChI is InChI=1S/C19H40N2/c1-6-9-16-10-11-19(20)17(12-16)14-21(13-15(4)5)18(7-2)8-3/h15-19H,6-14,20H2,1-5H3. The van der Waals surface area contributed by atoms with E-state index >= 15 is 0 Å². The minimum Gasteiger partial charge on any atom is -0.327 e. The van der Waals surface area contributed by atoms with Crippen LogP contribution < -0.4 is 5.73 Å². The van der Waals surface area contributed by atoms with Crippen LogP contribution in [0, 0.1) is 17.8 Å². The van der Waals surface area contributed by atoms with Crippen LogP contribution in [0.5, 0.6) is 0 Å².